The van der Waals surface area contributed by atoms with Crippen LogP contribution in [0, 0.1) is 0 Å². The first-order valence-corrected chi connectivity index (χ1v) is 11.5. The largest absolute Gasteiger partial charge is 0.299 e. The maximum absolute atomic E-state index is 12.8. The van der Waals surface area contributed by atoms with Gasteiger partial charge in [0.1, 0.15) is 9.79 Å². The standard InChI is InChI=1S/C18H24O6S2.Na/c1-3-5-13-23-25(19,20)17-12-11-15-9-7-8-10-16(15)18(17)26(21,22)24-14-6-4-2;/h7-12H,3-6,13-14H2,1-2H3;. The van der Waals surface area contributed by atoms with Crippen molar-refractivity contribution in [3.8, 4) is 0 Å². The zero-order valence-electron chi connectivity index (χ0n) is 16.0. The fourth-order valence-corrected chi connectivity index (χ4v) is 5.30. The Morgan fingerprint density at radius 1 is 0.778 bits per heavy atom. The summed E-state index contributed by atoms with van der Waals surface area (Å²) in [5, 5.41) is 0.904. The molecule has 145 valence electrons. The maximum atomic E-state index is 12.8. The summed E-state index contributed by atoms with van der Waals surface area (Å²) >= 11 is 0. The molecule has 2 aromatic carbocycles. The average molecular weight is 424 g/mol. The van der Waals surface area contributed by atoms with Crippen molar-refractivity contribution in [3.05, 3.63) is 36.4 Å². The molecule has 0 saturated heterocycles. The van der Waals surface area contributed by atoms with Gasteiger partial charge in [-0.3, -0.25) is 8.37 Å². The van der Waals surface area contributed by atoms with E-state index in [2.05, 4.69) is 0 Å². The molecule has 9 heteroatoms. The van der Waals surface area contributed by atoms with Gasteiger partial charge in [-0.15, -0.1) is 0 Å². The van der Waals surface area contributed by atoms with E-state index in [1.165, 1.54) is 6.07 Å². The van der Waals surface area contributed by atoms with Gasteiger partial charge in [-0.05, 0) is 24.3 Å². The number of unbranched alkanes of at least 4 members (excludes halogenated alkanes) is 2. The van der Waals surface area contributed by atoms with E-state index in [1.807, 2.05) is 13.8 Å². The molecule has 0 atom stereocenters. The number of hydrogen-bond donors (Lipinski definition) is 0. The van der Waals surface area contributed by atoms with Crippen LogP contribution in [-0.4, -0.2) is 59.6 Å². The minimum Gasteiger partial charge on any atom is -0.266 e. The quantitative estimate of drug-likeness (QED) is 0.330. The van der Waals surface area contributed by atoms with E-state index in [-0.39, 0.29) is 52.6 Å². The van der Waals surface area contributed by atoms with Crippen molar-refractivity contribution in [2.45, 2.75) is 49.3 Å². The van der Waals surface area contributed by atoms with Crippen LogP contribution >= 0.6 is 0 Å². The molecule has 0 aliphatic heterocycles. The zero-order valence-corrected chi connectivity index (χ0v) is 19.6. The molecule has 0 aliphatic rings. The van der Waals surface area contributed by atoms with Crippen LogP contribution in [0.5, 0.6) is 0 Å². The first kappa shape index (κ1) is 24.6. The van der Waals surface area contributed by atoms with Crippen molar-refractivity contribution >= 4 is 60.6 Å². The van der Waals surface area contributed by atoms with Crippen LogP contribution < -0.4 is 0 Å². The van der Waals surface area contributed by atoms with Crippen LogP contribution in [-0.2, 0) is 28.6 Å². The molecule has 6 nitrogen and oxygen atoms in total. The topological polar surface area (TPSA) is 86.7 Å². The molecule has 1 radical (unpaired) electrons. The number of rotatable bonds is 10. The summed E-state index contributed by atoms with van der Waals surface area (Å²) in [7, 11) is -8.49. The van der Waals surface area contributed by atoms with Crippen molar-refractivity contribution in [3.63, 3.8) is 0 Å². The third-order valence-electron chi connectivity index (χ3n) is 3.84. The Bertz CT molecular complexity index is 955. The Labute approximate surface area is 183 Å². The minimum atomic E-state index is -4.26. The van der Waals surface area contributed by atoms with Gasteiger partial charge in [-0.1, -0.05) is 57.0 Å². The molecule has 0 aromatic heterocycles. The second kappa shape index (κ2) is 10.9. The van der Waals surface area contributed by atoms with Gasteiger partial charge in [-0.25, -0.2) is 0 Å². The SMILES string of the molecule is CCCCOS(=O)(=O)c1ccc2ccccc2c1S(=O)(=O)OCCCC.[Na]. The monoisotopic (exact) mass is 423 g/mol. The van der Waals surface area contributed by atoms with E-state index in [1.54, 1.807) is 30.3 Å². The Morgan fingerprint density at radius 2 is 1.33 bits per heavy atom. The molecule has 0 spiro atoms. The normalized spacial score (nSPS) is 12.1. The van der Waals surface area contributed by atoms with Crippen molar-refractivity contribution in [2.75, 3.05) is 13.2 Å². The van der Waals surface area contributed by atoms with E-state index in [0.717, 1.165) is 12.8 Å². The third-order valence-corrected chi connectivity index (χ3v) is 6.74. The van der Waals surface area contributed by atoms with Gasteiger partial charge in [0.2, 0.25) is 0 Å². The second-order valence-corrected chi connectivity index (χ2v) is 9.01. The molecule has 0 unspecified atom stereocenters. The molecular formula is C18H24NaO6S2. The number of fused-ring (bicyclic) bond motifs is 1. The van der Waals surface area contributed by atoms with Gasteiger partial charge in [0.15, 0.2) is 0 Å². The summed E-state index contributed by atoms with van der Waals surface area (Å²) in [5.41, 5.74) is 0. The van der Waals surface area contributed by atoms with Crippen LogP contribution in [0.25, 0.3) is 10.8 Å². The second-order valence-electron chi connectivity index (χ2n) is 5.87. The van der Waals surface area contributed by atoms with Gasteiger partial charge < -0.3 is 0 Å². The van der Waals surface area contributed by atoms with Gasteiger partial charge in [0.05, 0.1) is 13.2 Å². The van der Waals surface area contributed by atoms with E-state index < -0.39 is 20.2 Å². The molecule has 27 heavy (non-hydrogen) atoms. The fourth-order valence-electron chi connectivity index (χ4n) is 2.43. The third kappa shape index (κ3) is 6.25. The first-order chi connectivity index (χ1) is 12.3. The predicted octanol–water partition coefficient (Wildman–Crippen LogP) is 3.47. The number of benzene rings is 2. The van der Waals surface area contributed by atoms with Gasteiger partial charge >= 0.3 is 0 Å². The molecule has 0 aliphatic carbocycles. The number of hydrogen-bond acceptors (Lipinski definition) is 6. The Morgan fingerprint density at radius 3 is 1.93 bits per heavy atom. The van der Waals surface area contributed by atoms with Crippen LogP contribution in [0.4, 0.5) is 0 Å². The molecular weight excluding hydrogens is 399 g/mol. The molecule has 2 aromatic rings. The van der Waals surface area contributed by atoms with E-state index in [4.69, 9.17) is 8.37 Å². The molecule has 0 N–H and O–H groups in total. The smallest absolute Gasteiger partial charge is 0.266 e. The van der Waals surface area contributed by atoms with E-state index in [0.29, 0.717) is 23.6 Å². The molecule has 0 amide bonds. The average Bonchev–Trinajstić information content (AvgIpc) is 2.61. The van der Waals surface area contributed by atoms with Crippen molar-refractivity contribution in [1.29, 1.82) is 0 Å². The maximum Gasteiger partial charge on any atom is 0.299 e. The molecule has 2 rings (SSSR count). The summed E-state index contributed by atoms with van der Waals surface area (Å²) in [6.45, 7) is 3.81. The molecule has 0 bridgehead atoms. The summed E-state index contributed by atoms with van der Waals surface area (Å²) in [6.07, 6.45) is 2.63. The van der Waals surface area contributed by atoms with Gasteiger partial charge in [0, 0.05) is 34.9 Å². The zero-order chi connectivity index (χ0) is 19.2. The van der Waals surface area contributed by atoms with Crippen LogP contribution in [0.2, 0.25) is 0 Å². The van der Waals surface area contributed by atoms with E-state index >= 15 is 0 Å². The molecule has 0 heterocycles. The summed E-state index contributed by atoms with van der Waals surface area (Å²) < 4.78 is 60.9. The molecule has 0 saturated carbocycles. The molecule has 0 fully saturated rings. The van der Waals surface area contributed by atoms with Crippen molar-refractivity contribution in [1.82, 2.24) is 0 Å². The van der Waals surface area contributed by atoms with Crippen molar-refractivity contribution < 1.29 is 25.2 Å². The Balaban J connectivity index is 0.00000364. The fraction of sp³-hybridized carbons (Fsp3) is 0.444. The van der Waals surface area contributed by atoms with Crippen LogP contribution in [0.1, 0.15) is 39.5 Å². The van der Waals surface area contributed by atoms with Crippen LogP contribution in [0.3, 0.4) is 0 Å². The first-order valence-electron chi connectivity index (χ1n) is 8.64. The summed E-state index contributed by atoms with van der Waals surface area (Å²) in [5.74, 6) is 0. The van der Waals surface area contributed by atoms with Gasteiger partial charge in [0.25, 0.3) is 20.2 Å². The van der Waals surface area contributed by atoms with Crippen LogP contribution in [0.15, 0.2) is 46.2 Å². The Kier molecular flexibility index (Phi) is 9.91. The van der Waals surface area contributed by atoms with Crippen molar-refractivity contribution in [2.24, 2.45) is 0 Å². The Hall–Kier alpha value is -0.480. The summed E-state index contributed by atoms with van der Waals surface area (Å²) in [6, 6.07) is 9.52. The minimum absolute atomic E-state index is 0. The predicted molar refractivity (Wildman–Crippen MR) is 106 cm³/mol. The summed E-state index contributed by atoms with van der Waals surface area (Å²) in [4.78, 5) is -0.744. The van der Waals surface area contributed by atoms with E-state index in [9.17, 15) is 16.8 Å². The van der Waals surface area contributed by atoms with Gasteiger partial charge in [-0.2, -0.15) is 16.8 Å².